The predicted octanol–water partition coefficient (Wildman–Crippen LogP) is 3.52. The number of aromatic nitrogens is 1. The molecule has 0 unspecified atom stereocenters. The van der Waals surface area contributed by atoms with Gasteiger partial charge >= 0.3 is 0 Å². The highest BCUT2D eigenvalue weighted by atomic mass is 35.5. The monoisotopic (exact) mass is 197 g/mol. The van der Waals surface area contributed by atoms with Crippen LogP contribution in [0.3, 0.4) is 0 Å². The van der Waals surface area contributed by atoms with Crippen molar-refractivity contribution in [2.45, 2.75) is 13.3 Å². The van der Waals surface area contributed by atoms with E-state index >= 15 is 0 Å². The number of fused-ring (bicyclic) bond motifs is 1. The Morgan fingerprint density at radius 1 is 1.46 bits per heavy atom. The first-order chi connectivity index (χ1) is 6.22. The van der Waals surface area contributed by atoms with Crippen molar-refractivity contribution in [3.8, 4) is 0 Å². The summed E-state index contributed by atoms with van der Waals surface area (Å²) in [6.45, 7) is 2.01. The molecule has 2 aromatic rings. The van der Waals surface area contributed by atoms with Gasteiger partial charge in [-0.15, -0.1) is 0 Å². The average molecular weight is 198 g/mol. The zero-order chi connectivity index (χ0) is 9.42. The summed E-state index contributed by atoms with van der Waals surface area (Å²) in [6, 6.07) is 4.84. The van der Waals surface area contributed by atoms with Crippen molar-refractivity contribution in [3.05, 3.63) is 34.7 Å². The Morgan fingerprint density at radius 2 is 2.23 bits per heavy atom. The van der Waals surface area contributed by atoms with Crippen molar-refractivity contribution in [2.24, 2.45) is 0 Å². The largest absolute Gasteiger partial charge is 0.356 e. The first-order valence-corrected chi connectivity index (χ1v) is 4.55. The fourth-order valence-corrected chi connectivity index (χ4v) is 1.61. The highest BCUT2D eigenvalue weighted by Gasteiger charge is 2.07. The summed E-state index contributed by atoms with van der Waals surface area (Å²) < 4.78 is 13.2. The summed E-state index contributed by atoms with van der Waals surface area (Å²) in [6.07, 6.45) is 0.852. The first kappa shape index (κ1) is 8.57. The lowest BCUT2D eigenvalue weighted by Crippen LogP contribution is -1.79. The quantitative estimate of drug-likeness (QED) is 0.720. The predicted molar refractivity (Wildman–Crippen MR) is 52.6 cm³/mol. The van der Waals surface area contributed by atoms with E-state index in [1.165, 1.54) is 6.07 Å². The third-order valence-corrected chi connectivity index (χ3v) is 2.46. The molecule has 3 heteroatoms. The van der Waals surface area contributed by atoms with Crippen molar-refractivity contribution in [3.63, 3.8) is 0 Å². The number of benzene rings is 1. The van der Waals surface area contributed by atoms with Gasteiger partial charge < -0.3 is 4.98 Å². The van der Waals surface area contributed by atoms with E-state index < -0.39 is 0 Å². The Balaban J connectivity index is 2.80. The second-order valence-electron chi connectivity index (χ2n) is 2.97. The van der Waals surface area contributed by atoms with E-state index in [-0.39, 0.29) is 5.82 Å². The maximum absolute atomic E-state index is 13.2. The fraction of sp³-hybridized carbons (Fsp3) is 0.200. The van der Waals surface area contributed by atoms with Gasteiger partial charge in [0.1, 0.15) is 5.82 Å². The minimum Gasteiger partial charge on any atom is -0.356 e. The van der Waals surface area contributed by atoms with E-state index in [0.717, 1.165) is 17.5 Å². The summed E-state index contributed by atoms with van der Waals surface area (Å²) >= 11 is 5.91. The molecule has 0 aliphatic rings. The third-order valence-electron chi connectivity index (χ3n) is 2.13. The molecule has 0 fully saturated rings. The summed E-state index contributed by atoms with van der Waals surface area (Å²) in [5.74, 6) is -0.251. The molecule has 0 atom stereocenters. The molecule has 2 rings (SSSR count). The molecule has 13 heavy (non-hydrogen) atoms. The Kier molecular flexibility index (Phi) is 2.00. The number of nitrogens with one attached hydrogen (secondary N) is 1. The van der Waals surface area contributed by atoms with Gasteiger partial charge in [0, 0.05) is 11.1 Å². The highest BCUT2D eigenvalue weighted by Crippen LogP contribution is 2.26. The number of rotatable bonds is 1. The van der Waals surface area contributed by atoms with Crippen LogP contribution >= 0.6 is 11.6 Å². The van der Waals surface area contributed by atoms with E-state index in [4.69, 9.17) is 11.6 Å². The van der Waals surface area contributed by atoms with Crippen LogP contribution in [0.4, 0.5) is 4.39 Å². The molecule has 0 bridgehead atoms. The average Bonchev–Trinajstić information content (AvgIpc) is 2.56. The van der Waals surface area contributed by atoms with E-state index in [2.05, 4.69) is 4.98 Å². The Labute approximate surface area is 80.5 Å². The number of H-pyrrole nitrogens is 1. The molecule has 0 saturated carbocycles. The second-order valence-corrected chi connectivity index (χ2v) is 3.37. The van der Waals surface area contributed by atoms with Gasteiger partial charge in [0.15, 0.2) is 0 Å². The maximum Gasteiger partial charge on any atom is 0.147 e. The highest BCUT2D eigenvalue weighted by molar-refractivity contribution is 6.35. The minimum atomic E-state index is -0.251. The first-order valence-electron chi connectivity index (χ1n) is 4.18. The van der Waals surface area contributed by atoms with Crippen LogP contribution in [0.2, 0.25) is 5.02 Å². The van der Waals surface area contributed by atoms with Gasteiger partial charge in [-0.05, 0) is 24.6 Å². The van der Waals surface area contributed by atoms with Crippen molar-refractivity contribution in [1.82, 2.24) is 4.98 Å². The van der Waals surface area contributed by atoms with Crippen LogP contribution in [-0.2, 0) is 6.42 Å². The molecule has 0 amide bonds. The second kappa shape index (κ2) is 3.04. The van der Waals surface area contributed by atoms with Gasteiger partial charge in [-0.2, -0.15) is 0 Å². The van der Waals surface area contributed by atoms with Crippen molar-refractivity contribution in [1.29, 1.82) is 0 Å². The summed E-state index contributed by atoms with van der Waals surface area (Å²) in [4.78, 5) is 2.99. The normalized spacial score (nSPS) is 11.0. The molecule has 0 radical (unpaired) electrons. The van der Waals surface area contributed by atoms with Crippen LogP contribution in [0, 0.1) is 5.82 Å². The molecular formula is C10H9ClFN. The van der Waals surface area contributed by atoms with E-state index in [9.17, 15) is 4.39 Å². The van der Waals surface area contributed by atoms with Gasteiger partial charge in [-0.1, -0.05) is 18.5 Å². The van der Waals surface area contributed by atoms with E-state index in [1.807, 2.05) is 13.0 Å². The Bertz CT molecular complexity index is 408. The topological polar surface area (TPSA) is 15.8 Å². The van der Waals surface area contributed by atoms with Crippen molar-refractivity contribution >= 4 is 22.5 Å². The Morgan fingerprint density at radius 3 is 2.85 bits per heavy atom. The van der Waals surface area contributed by atoms with Gasteiger partial charge in [-0.3, -0.25) is 0 Å². The van der Waals surface area contributed by atoms with Crippen LogP contribution in [0.15, 0.2) is 18.2 Å². The standard InChI is InChI=1S/C10H9ClFN/c1-2-6-5-7-8(11)3-4-9(12)10(7)13-6/h3-5,13H,2H2,1H3. The molecule has 1 aromatic heterocycles. The van der Waals surface area contributed by atoms with Crippen molar-refractivity contribution < 1.29 is 4.39 Å². The summed E-state index contributed by atoms with van der Waals surface area (Å²) in [7, 11) is 0. The molecule has 1 heterocycles. The third kappa shape index (κ3) is 1.31. The molecule has 68 valence electrons. The van der Waals surface area contributed by atoms with Crippen LogP contribution in [0.5, 0.6) is 0 Å². The van der Waals surface area contributed by atoms with E-state index in [1.54, 1.807) is 6.07 Å². The van der Waals surface area contributed by atoms with Gasteiger partial charge in [-0.25, -0.2) is 4.39 Å². The number of halogens is 2. The fourth-order valence-electron chi connectivity index (χ4n) is 1.40. The summed E-state index contributed by atoms with van der Waals surface area (Å²) in [5, 5.41) is 1.35. The Hall–Kier alpha value is -1.02. The van der Waals surface area contributed by atoms with Gasteiger partial charge in [0.2, 0.25) is 0 Å². The van der Waals surface area contributed by atoms with Crippen LogP contribution in [-0.4, -0.2) is 4.98 Å². The molecular weight excluding hydrogens is 189 g/mol. The lowest BCUT2D eigenvalue weighted by molar-refractivity contribution is 0.637. The molecule has 0 spiro atoms. The number of aryl methyl sites for hydroxylation is 1. The van der Waals surface area contributed by atoms with Gasteiger partial charge in [0.05, 0.1) is 10.5 Å². The minimum absolute atomic E-state index is 0.251. The molecule has 0 saturated heterocycles. The van der Waals surface area contributed by atoms with Crippen LogP contribution in [0.25, 0.3) is 10.9 Å². The maximum atomic E-state index is 13.2. The smallest absolute Gasteiger partial charge is 0.147 e. The van der Waals surface area contributed by atoms with Crippen molar-refractivity contribution in [2.75, 3.05) is 0 Å². The van der Waals surface area contributed by atoms with Gasteiger partial charge in [0.25, 0.3) is 0 Å². The van der Waals surface area contributed by atoms with Crippen LogP contribution in [0.1, 0.15) is 12.6 Å². The SMILES string of the molecule is CCc1cc2c(Cl)ccc(F)c2[nH]1. The molecule has 0 aliphatic carbocycles. The number of hydrogen-bond donors (Lipinski definition) is 1. The number of hydrogen-bond acceptors (Lipinski definition) is 0. The number of aromatic amines is 1. The zero-order valence-corrected chi connectivity index (χ0v) is 7.95. The lowest BCUT2D eigenvalue weighted by Gasteiger charge is -1.93. The lowest BCUT2D eigenvalue weighted by atomic mass is 10.2. The molecule has 1 N–H and O–H groups in total. The van der Waals surface area contributed by atoms with E-state index in [0.29, 0.717) is 10.5 Å². The zero-order valence-electron chi connectivity index (χ0n) is 7.20. The molecule has 0 aliphatic heterocycles. The molecule has 1 nitrogen and oxygen atoms in total. The summed E-state index contributed by atoms with van der Waals surface area (Å²) in [5.41, 5.74) is 1.51. The molecule has 1 aromatic carbocycles. The van der Waals surface area contributed by atoms with Crippen LogP contribution < -0.4 is 0 Å².